The average molecular weight is 315 g/mol. The lowest BCUT2D eigenvalue weighted by atomic mass is 10.2. The number of hydrogen-bond donors (Lipinski definition) is 3. The molecule has 0 radical (unpaired) electrons. The highest BCUT2D eigenvalue weighted by atomic mass is 19.1. The van der Waals surface area contributed by atoms with E-state index in [1.54, 1.807) is 24.3 Å². The largest absolute Gasteiger partial charge is 0.459 e. The van der Waals surface area contributed by atoms with Gasteiger partial charge in [0.25, 0.3) is 11.8 Å². The van der Waals surface area contributed by atoms with E-state index in [0.717, 1.165) is 0 Å². The summed E-state index contributed by atoms with van der Waals surface area (Å²) in [6.45, 7) is 0.489. The van der Waals surface area contributed by atoms with E-state index in [9.17, 15) is 14.0 Å². The fourth-order valence-corrected chi connectivity index (χ4v) is 2.18. The van der Waals surface area contributed by atoms with Crippen molar-refractivity contribution in [3.8, 4) is 0 Å². The summed E-state index contributed by atoms with van der Waals surface area (Å²) in [6, 6.07) is 9.22. The van der Waals surface area contributed by atoms with Crippen molar-refractivity contribution in [3.05, 3.63) is 59.9 Å². The summed E-state index contributed by atoms with van der Waals surface area (Å²) < 4.78 is 18.5. The molecule has 2 amide bonds. The van der Waals surface area contributed by atoms with Crippen LogP contribution in [0.4, 0.5) is 4.39 Å². The van der Waals surface area contributed by atoms with E-state index in [1.165, 1.54) is 18.4 Å². The number of rotatable bonds is 5. The van der Waals surface area contributed by atoms with Gasteiger partial charge in [-0.1, -0.05) is 6.07 Å². The van der Waals surface area contributed by atoms with Crippen molar-refractivity contribution in [2.45, 2.75) is 0 Å². The normalized spacial score (nSPS) is 10.7. The third kappa shape index (κ3) is 3.23. The molecule has 3 aromatic rings. The highest BCUT2D eigenvalue weighted by molar-refractivity contribution is 5.98. The Hall–Kier alpha value is -3.09. The summed E-state index contributed by atoms with van der Waals surface area (Å²) >= 11 is 0. The average Bonchev–Trinajstić information content (AvgIpc) is 3.20. The summed E-state index contributed by atoms with van der Waals surface area (Å²) in [5.41, 5.74) is 0.823. The maximum Gasteiger partial charge on any atom is 0.287 e. The molecule has 0 saturated heterocycles. The summed E-state index contributed by atoms with van der Waals surface area (Å²) in [6.07, 6.45) is 1.41. The van der Waals surface area contributed by atoms with Crippen LogP contribution in [0.1, 0.15) is 21.0 Å². The molecule has 6 nitrogen and oxygen atoms in total. The molecule has 118 valence electrons. The molecule has 7 heteroatoms. The van der Waals surface area contributed by atoms with Crippen LogP contribution in [-0.2, 0) is 0 Å². The maximum absolute atomic E-state index is 13.6. The lowest BCUT2D eigenvalue weighted by Crippen LogP contribution is -2.34. The second-order valence-electron chi connectivity index (χ2n) is 4.87. The molecule has 0 aliphatic rings. The van der Waals surface area contributed by atoms with Gasteiger partial charge in [0.15, 0.2) is 5.76 Å². The van der Waals surface area contributed by atoms with Crippen LogP contribution in [0.25, 0.3) is 10.9 Å². The van der Waals surface area contributed by atoms with E-state index in [0.29, 0.717) is 10.9 Å². The van der Waals surface area contributed by atoms with Crippen molar-refractivity contribution in [1.82, 2.24) is 15.6 Å². The third-order valence-corrected chi connectivity index (χ3v) is 3.30. The Bertz CT molecular complexity index is 840. The molecule has 3 rings (SSSR count). The van der Waals surface area contributed by atoms with Gasteiger partial charge in [-0.15, -0.1) is 0 Å². The molecule has 0 aliphatic heterocycles. The van der Waals surface area contributed by atoms with Gasteiger partial charge in [-0.2, -0.15) is 0 Å². The van der Waals surface area contributed by atoms with E-state index in [1.807, 2.05) is 0 Å². The molecule has 1 aromatic carbocycles. The van der Waals surface area contributed by atoms with Crippen LogP contribution in [0.15, 0.2) is 47.1 Å². The summed E-state index contributed by atoms with van der Waals surface area (Å²) in [4.78, 5) is 26.5. The van der Waals surface area contributed by atoms with Crippen LogP contribution >= 0.6 is 0 Å². The van der Waals surface area contributed by atoms with E-state index in [-0.39, 0.29) is 42.2 Å². The Balaban J connectivity index is 1.52. The first-order chi connectivity index (χ1) is 11.1. The number of nitrogens with one attached hydrogen (secondary N) is 3. The van der Waals surface area contributed by atoms with Gasteiger partial charge in [-0.3, -0.25) is 9.59 Å². The fourth-order valence-electron chi connectivity index (χ4n) is 2.18. The molecule has 0 bridgehead atoms. The molecule has 2 aromatic heterocycles. The number of aromatic amines is 1. The zero-order chi connectivity index (χ0) is 16.2. The van der Waals surface area contributed by atoms with Crippen LogP contribution < -0.4 is 10.6 Å². The van der Waals surface area contributed by atoms with E-state index in [4.69, 9.17) is 4.42 Å². The van der Waals surface area contributed by atoms with Crippen LogP contribution in [0, 0.1) is 5.82 Å². The number of hydrogen-bond acceptors (Lipinski definition) is 3. The highest BCUT2D eigenvalue weighted by Gasteiger charge is 2.12. The van der Waals surface area contributed by atoms with Gasteiger partial charge in [-0.25, -0.2) is 4.39 Å². The van der Waals surface area contributed by atoms with E-state index in [2.05, 4.69) is 15.6 Å². The first-order valence-electron chi connectivity index (χ1n) is 7.02. The van der Waals surface area contributed by atoms with Gasteiger partial charge < -0.3 is 20.0 Å². The standard InChI is InChI=1S/C16H14FN3O3/c17-11-3-1-4-12-10(11)9-13(20-12)15(21)18-6-7-19-16(22)14-5-2-8-23-14/h1-5,8-9,20H,6-7H2,(H,18,21)(H,19,22). The van der Waals surface area contributed by atoms with E-state index < -0.39 is 0 Å². The summed E-state index contributed by atoms with van der Waals surface area (Å²) in [5.74, 6) is -0.893. The van der Waals surface area contributed by atoms with Crippen LogP contribution in [-0.4, -0.2) is 29.9 Å². The molecule has 0 aliphatic carbocycles. The second-order valence-corrected chi connectivity index (χ2v) is 4.87. The topological polar surface area (TPSA) is 87.1 Å². The molecule has 0 unspecified atom stereocenters. The first kappa shape index (κ1) is 14.8. The monoisotopic (exact) mass is 315 g/mol. The minimum atomic E-state index is -0.386. The minimum absolute atomic E-state index is 0.211. The Kier molecular flexibility index (Phi) is 4.09. The predicted molar refractivity (Wildman–Crippen MR) is 81.6 cm³/mol. The molecule has 0 spiro atoms. The molecular formula is C16H14FN3O3. The third-order valence-electron chi connectivity index (χ3n) is 3.30. The maximum atomic E-state index is 13.6. The molecule has 0 fully saturated rings. The smallest absolute Gasteiger partial charge is 0.287 e. The van der Waals surface area contributed by atoms with Gasteiger partial charge in [0.05, 0.1) is 6.26 Å². The first-order valence-corrected chi connectivity index (χ1v) is 7.02. The number of carbonyl (C=O) groups excluding carboxylic acids is 2. The van der Waals surface area contributed by atoms with Gasteiger partial charge in [0.2, 0.25) is 0 Å². The number of carbonyl (C=O) groups is 2. The number of aromatic nitrogens is 1. The van der Waals surface area contributed by atoms with Crippen molar-refractivity contribution < 1.29 is 18.4 Å². The van der Waals surface area contributed by atoms with Crippen molar-refractivity contribution >= 4 is 22.7 Å². The Morgan fingerprint density at radius 1 is 1.09 bits per heavy atom. The number of amides is 2. The molecule has 3 N–H and O–H groups in total. The highest BCUT2D eigenvalue weighted by Crippen LogP contribution is 2.18. The molecule has 23 heavy (non-hydrogen) atoms. The zero-order valence-corrected chi connectivity index (χ0v) is 12.1. The molecule has 2 heterocycles. The second kappa shape index (κ2) is 6.35. The zero-order valence-electron chi connectivity index (χ0n) is 12.1. The van der Waals surface area contributed by atoms with Crippen molar-refractivity contribution in [1.29, 1.82) is 0 Å². The van der Waals surface area contributed by atoms with Crippen LogP contribution in [0.3, 0.4) is 0 Å². The lowest BCUT2D eigenvalue weighted by molar-refractivity contribution is 0.0909. The Morgan fingerprint density at radius 3 is 2.57 bits per heavy atom. The van der Waals surface area contributed by atoms with Crippen molar-refractivity contribution in [3.63, 3.8) is 0 Å². The van der Waals surface area contributed by atoms with Gasteiger partial charge in [0, 0.05) is 24.0 Å². The van der Waals surface area contributed by atoms with Crippen molar-refractivity contribution in [2.75, 3.05) is 13.1 Å². The number of H-pyrrole nitrogens is 1. The lowest BCUT2D eigenvalue weighted by Gasteiger charge is -2.05. The van der Waals surface area contributed by atoms with Crippen LogP contribution in [0.2, 0.25) is 0 Å². The number of halogens is 1. The number of benzene rings is 1. The Morgan fingerprint density at radius 2 is 1.87 bits per heavy atom. The Labute approximate surface area is 130 Å². The fraction of sp³-hybridized carbons (Fsp3) is 0.125. The summed E-state index contributed by atoms with van der Waals surface area (Å²) in [7, 11) is 0. The van der Waals surface area contributed by atoms with E-state index >= 15 is 0 Å². The van der Waals surface area contributed by atoms with Gasteiger partial charge in [0.1, 0.15) is 11.5 Å². The predicted octanol–water partition coefficient (Wildman–Crippen LogP) is 2.06. The SMILES string of the molecule is O=C(NCCNC(=O)c1ccco1)c1cc2c(F)cccc2[nH]1. The minimum Gasteiger partial charge on any atom is -0.459 e. The van der Waals surface area contributed by atoms with Gasteiger partial charge in [-0.05, 0) is 30.3 Å². The number of furan rings is 1. The molecular weight excluding hydrogens is 301 g/mol. The summed E-state index contributed by atoms with van der Waals surface area (Å²) in [5, 5.41) is 5.62. The molecule has 0 saturated carbocycles. The quantitative estimate of drug-likeness (QED) is 0.630. The number of fused-ring (bicyclic) bond motifs is 1. The molecule has 0 atom stereocenters. The van der Waals surface area contributed by atoms with Gasteiger partial charge >= 0.3 is 0 Å². The van der Waals surface area contributed by atoms with Crippen LogP contribution in [0.5, 0.6) is 0 Å². The van der Waals surface area contributed by atoms with Crippen molar-refractivity contribution in [2.24, 2.45) is 0 Å².